The van der Waals surface area contributed by atoms with Crippen molar-refractivity contribution >= 4 is 17.3 Å². The van der Waals surface area contributed by atoms with Crippen LogP contribution in [-0.2, 0) is 4.79 Å². The lowest BCUT2D eigenvalue weighted by Crippen LogP contribution is -2.34. The van der Waals surface area contributed by atoms with Crippen molar-refractivity contribution in [1.29, 1.82) is 0 Å². The predicted octanol–water partition coefficient (Wildman–Crippen LogP) is 2.23. The fraction of sp³-hybridized carbons (Fsp3) is 0.462. The molecule has 0 aliphatic rings. The van der Waals surface area contributed by atoms with Gasteiger partial charge in [0.15, 0.2) is 0 Å². The average molecular weight is 265 g/mol. The van der Waals surface area contributed by atoms with E-state index in [0.717, 1.165) is 6.42 Å². The summed E-state index contributed by atoms with van der Waals surface area (Å²) in [6.45, 7) is 5.83. The lowest BCUT2D eigenvalue weighted by molar-refractivity contribution is -0.385. The highest BCUT2D eigenvalue weighted by Gasteiger charge is 2.14. The van der Waals surface area contributed by atoms with Gasteiger partial charge in [-0.1, -0.05) is 13.0 Å². The second-order valence-corrected chi connectivity index (χ2v) is 4.45. The normalized spacial score (nSPS) is 11.9. The Morgan fingerprint density at radius 2 is 2.16 bits per heavy atom. The molecule has 6 heteroatoms. The summed E-state index contributed by atoms with van der Waals surface area (Å²) in [7, 11) is 0. The van der Waals surface area contributed by atoms with Gasteiger partial charge in [0.1, 0.15) is 0 Å². The maximum absolute atomic E-state index is 11.7. The third-order valence-electron chi connectivity index (χ3n) is 3.00. The summed E-state index contributed by atoms with van der Waals surface area (Å²) in [6.07, 6.45) is 0.934. The van der Waals surface area contributed by atoms with E-state index in [1.54, 1.807) is 19.1 Å². The van der Waals surface area contributed by atoms with Gasteiger partial charge in [0.05, 0.1) is 22.7 Å². The number of hydrogen-bond donors (Lipinski definition) is 2. The zero-order chi connectivity index (χ0) is 14.4. The maximum atomic E-state index is 11.7. The summed E-state index contributed by atoms with van der Waals surface area (Å²) in [6, 6.07) is 4.89. The Bertz CT molecular complexity index is 474. The second-order valence-electron chi connectivity index (χ2n) is 4.45. The van der Waals surface area contributed by atoms with Gasteiger partial charge >= 0.3 is 0 Å². The molecule has 0 bridgehead atoms. The van der Waals surface area contributed by atoms with E-state index in [9.17, 15) is 14.9 Å². The van der Waals surface area contributed by atoms with Crippen LogP contribution in [0.4, 0.5) is 11.4 Å². The number of nitro groups is 1. The molecule has 1 rings (SSSR count). The van der Waals surface area contributed by atoms with Gasteiger partial charge in [0.25, 0.3) is 5.69 Å². The van der Waals surface area contributed by atoms with E-state index in [4.69, 9.17) is 0 Å². The molecule has 1 atom stereocenters. The van der Waals surface area contributed by atoms with Crippen molar-refractivity contribution in [3.63, 3.8) is 0 Å². The second kappa shape index (κ2) is 6.84. The largest absolute Gasteiger partial charge is 0.324 e. The van der Waals surface area contributed by atoms with Crippen molar-refractivity contribution in [3.05, 3.63) is 33.9 Å². The van der Waals surface area contributed by atoms with Gasteiger partial charge in [-0.2, -0.15) is 0 Å². The van der Waals surface area contributed by atoms with E-state index in [1.807, 2.05) is 13.8 Å². The third kappa shape index (κ3) is 4.33. The van der Waals surface area contributed by atoms with Gasteiger partial charge in [-0.25, -0.2) is 0 Å². The molecule has 0 spiro atoms. The molecule has 0 heterocycles. The summed E-state index contributed by atoms with van der Waals surface area (Å²) in [5.74, 6) is -0.205. The van der Waals surface area contributed by atoms with Crippen molar-refractivity contribution in [3.8, 4) is 0 Å². The Hall–Kier alpha value is -1.95. The molecule has 19 heavy (non-hydrogen) atoms. The minimum atomic E-state index is -0.456. The van der Waals surface area contributed by atoms with E-state index in [0.29, 0.717) is 11.3 Å². The highest BCUT2D eigenvalue weighted by molar-refractivity contribution is 5.93. The van der Waals surface area contributed by atoms with E-state index in [2.05, 4.69) is 10.6 Å². The minimum absolute atomic E-state index is 0.00712. The van der Waals surface area contributed by atoms with Gasteiger partial charge in [0, 0.05) is 12.1 Å². The Morgan fingerprint density at radius 3 is 2.74 bits per heavy atom. The molecule has 0 fully saturated rings. The first-order chi connectivity index (χ1) is 8.95. The summed E-state index contributed by atoms with van der Waals surface area (Å²) >= 11 is 0. The standard InChI is InChI=1S/C13H19N3O3/c1-4-9(2)14-8-13(17)15-11-6-5-7-12(10(11)3)16(18)19/h5-7,9,14H,4,8H2,1-3H3,(H,15,17). The van der Waals surface area contributed by atoms with Gasteiger partial charge in [-0.3, -0.25) is 14.9 Å². The Kier molecular flexibility index (Phi) is 5.44. The van der Waals surface area contributed by atoms with Crippen molar-refractivity contribution in [2.75, 3.05) is 11.9 Å². The average Bonchev–Trinajstić information content (AvgIpc) is 2.38. The van der Waals surface area contributed by atoms with Gasteiger partial charge < -0.3 is 10.6 Å². The number of anilines is 1. The molecule has 1 unspecified atom stereocenters. The number of hydrogen-bond acceptors (Lipinski definition) is 4. The minimum Gasteiger partial charge on any atom is -0.324 e. The van der Waals surface area contributed by atoms with Crippen LogP contribution in [0.15, 0.2) is 18.2 Å². The molecular formula is C13H19N3O3. The molecule has 6 nitrogen and oxygen atoms in total. The van der Waals surface area contributed by atoms with Crippen LogP contribution < -0.4 is 10.6 Å². The van der Waals surface area contributed by atoms with Crippen LogP contribution in [0.5, 0.6) is 0 Å². The highest BCUT2D eigenvalue weighted by Crippen LogP contribution is 2.24. The molecule has 1 amide bonds. The summed E-state index contributed by atoms with van der Waals surface area (Å²) in [5.41, 5.74) is 0.947. The molecule has 2 N–H and O–H groups in total. The lowest BCUT2D eigenvalue weighted by atomic mass is 10.1. The zero-order valence-electron chi connectivity index (χ0n) is 11.4. The number of carbonyl (C=O) groups excluding carboxylic acids is 1. The Balaban J connectivity index is 2.69. The van der Waals surface area contributed by atoms with Crippen molar-refractivity contribution in [2.45, 2.75) is 33.2 Å². The van der Waals surface area contributed by atoms with Crippen LogP contribution in [-0.4, -0.2) is 23.4 Å². The number of rotatable bonds is 6. The SMILES string of the molecule is CCC(C)NCC(=O)Nc1cccc([N+](=O)[O-])c1C. The predicted molar refractivity (Wildman–Crippen MR) is 74.2 cm³/mol. The van der Waals surface area contributed by atoms with Crippen LogP contribution in [0.1, 0.15) is 25.8 Å². The molecule has 0 radical (unpaired) electrons. The van der Waals surface area contributed by atoms with E-state index in [1.165, 1.54) is 6.07 Å². The summed E-state index contributed by atoms with van der Waals surface area (Å²) < 4.78 is 0. The van der Waals surface area contributed by atoms with Crippen molar-refractivity contribution < 1.29 is 9.72 Å². The van der Waals surface area contributed by atoms with Gasteiger partial charge in [-0.05, 0) is 26.3 Å². The van der Waals surface area contributed by atoms with Crippen molar-refractivity contribution in [1.82, 2.24) is 5.32 Å². The van der Waals surface area contributed by atoms with Gasteiger partial charge in [-0.15, -0.1) is 0 Å². The highest BCUT2D eigenvalue weighted by atomic mass is 16.6. The molecule has 1 aromatic rings. The third-order valence-corrected chi connectivity index (χ3v) is 3.00. The zero-order valence-corrected chi connectivity index (χ0v) is 11.4. The fourth-order valence-electron chi connectivity index (χ4n) is 1.56. The molecule has 0 saturated heterocycles. The van der Waals surface area contributed by atoms with E-state index < -0.39 is 4.92 Å². The molecule has 0 aliphatic heterocycles. The number of nitro benzene ring substituents is 1. The summed E-state index contributed by atoms with van der Waals surface area (Å²) in [4.78, 5) is 22.1. The molecule has 0 aromatic heterocycles. The molecule has 0 aliphatic carbocycles. The molecular weight excluding hydrogens is 246 g/mol. The molecule has 1 aromatic carbocycles. The number of carbonyl (C=O) groups is 1. The number of nitrogens with one attached hydrogen (secondary N) is 2. The lowest BCUT2D eigenvalue weighted by Gasteiger charge is -2.12. The monoisotopic (exact) mass is 265 g/mol. The van der Waals surface area contributed by atoms with Crippen molar-refractivity contribution in [2.24, 2.45) is 0 Å². The Labute approximate surface area is 112 Å². The Morgan fingerprint density at radius 1 is 1.47 bits per heavy atom. The van der Waals surface area contributed by atoms with Crippen LogP contribution >= 0.6 is 0 Å². The quantitative estimate of drug-likeness (QED) is 0.610. The number of amides is 1. The topological polar surface area (TPSA) is 84.3 Å². The van der Waals surface area contributed by atoms with E-state index in [-0.39, 0.29) is 24.2 Å². The van der Waals surface area contributed by atoms with Crippen LogP contribution in [0, 0.1) is 17.0 Å². The first-order valence-electron chi connectivity index (χ1n) is 6.23. The summed E-state index contributed by atoms with van der Waals surface area (Å²) in [5, 5.41) is 16.5. The molecule has 0 saturated carbocycles. The van der Waals surface area contributed by atoms with Gasteiger partial charge in [0.2, 0.25) is 5.91 Å². The fourth-order valence-corrected chi connectivity index (χ4v) is 1.56. The number of benzene rings is 1. The smallest absolute Gasteiger partial charge is 0.274 e. The first kappa shape index (κ1) is 15.1. The van der Waals surface area contributed by atoms with Crippen LogP contribution in [0.3, 0.4) is 0 Å². The van der Waals surface area contributed by atoms with Crippen LogP contribution in [0.2, 0.25) is 0 Å². The first-order valence-corrected chi connectivity index (χ1v) is 6.23. The maximum Gasteiger partial charge on any atom is 0.274 e. The number of nitrogens with zero attached hydrogens (tertiary/aromatic N) is 1. The van der Waals surface area contributed by atoms with Crippen LogP contribution in [0.25, 0.3) is 0 Å². The molecule has 104 valence electrons. The van der Waals surface area contributed by atoms with E-state index >= 15 is 0 Å².